The van der Waals surface area contributed by atoms with Crippen LogP contribution in [0.5, 0.6) is 0 Å². The van der Waals surface area contributed by atoms with Crippen LogP contribution in [0.25, 0.3) is 0 Å². The molecular formula is C37H77N5O4. The van der Waals surface area contributed by atoms with Gasteiger partial charge in [0.05, 0.1) is 18.6 Å². The summed E-state index contributed by atoms with van der Waals surface area (Å²) in [6, 6.07) is -0.913. The van der Waals surface area contributed by atoms with Gasteiger partial charge in [-0.3, -0.25) is 19.2 Å². The van der Waals surface area contributed by atoms with Gasteiger partial charge in [-0.1, -0.05) is 109 Å². The van der Waals surface area contributed by atoms with Gasteiger partial charge in [0.2, 0.25) is 17.7 Å². The Kier molecular flexibility index (Phi) is 36.8. The van der Waals surface area contributed by atoms with Crippen LogP contribution < -0.4 is 16.0 Å². The summed E-state index contributed by atoms with van der Waals surface area (Å²) in [6.45, 7) is 37.8. The van der Waals surface area contributed by atoms with Crippen LogP contribution in [0.3, 0.4) is 0 Å². The Labute approximate surface area is 285 Å². The van der Waals surface area contributed by atoms with Gasteiger partial charge in [-0.2, -0.15) is 0 Å². The van der Waals surface area contributed by atoms with Gasteiger partial charge in [-0.25, -0.2) is 0 Å². The normalized spacial score (nSPS) is 12.3. The van der Waals surface area contributed by atoms with Crippen molar-refractivity contribution in [3.8, 4) is 0 Å². The minimum atomic E-state index is -0.434. The molecule has 0 fully saturated rings. The van der Waals surface area contributed by atoms with E-state index in [1.807, 2.05) is 53.6 Å². The van der Waals surface area contributed by atoms with E-state index >= 15 is 0 Å². The summed E-state index contributed by atoms with van der Waals surface area (Å²) < 4.78 is 0. The first-order chi connectivity index (χ1) is 21.3. The van der Waals surface area contributed by atoms with Crippen molar-refractivity contribution >= 4 is 23.5 Å². The molecule has 0 saturated carbocycles. The van der Waals surface area contributed by atoms with Crippen molar-refractivity contribution < 1.29 is 19.2 Å². The average Bonchev–Trinajstić information content (AvgIpc) is 2.98. The second-order valence-corrected chi connectivity index (χ2v) is 12.0. The van der Waals surface area contributed by atoms with Gasteiger partial charge in [0.15, 0.2) is 5.78 Å². The number of Topliss-reactive ketones (excluding diaryl/α,β-unsaturated/α-hetero) is 1. The van der Waals surface area contributed by atoms with Crippen molar-refractivity contribution in [1.82, 2.24) is 25.8 Å². The zero-order chi connectivity index (χ0) is 37.7. The summed E-state index contributed by atoms with van der Waals surface area (Å²) in [5.41, 5.74) is 1.64. The van der Waals surface area contributed by atoms with Gasteiger partial charge >= 0.3 is 0 Å². The summed E-state index contributed by atoms with van der Waals surface area (Å²) in [7, 11) is 5.29. The molecule has 0 saturated heterocycles. The maximum Gasteiger partial charge on any atom is 0.242 e. The fourth-order valence-electron chi connectivity index (χ4n) is 4.16. The molecule has 2 unspecified atom stereocenters. The molecule has 0 aliphatic carbocycles. The molecule has 0 rings (SSSR count). The lowest BCUT2D eigenvalue weighted by Crippen LogP contribution is -2.48. The monoisotopic (exact) mass is 656 g/mol. The third-order valence-electron chi connectivity index (χ3n) is 6.47. The minimum Gasteiger partial charge on any atom is -0.378 e. The molecule has 274 valence electrons. The zero-order valence-electron chi connectivity index (χ0n) is 33.4. The molecule has 46 heavy (non-hydrogen) atoms. The van der Waals surface area contributed by atoms with Crippen LogP contribution in [-0.4, -0.2) is 79.1 Å². The Bertz CT molecular complexity index is 842. The molecule has 0 aliphatic rings. The van der Waals surface area contributed by atoms with Crippen LogP contribution in [0.1, 0.15) is 130 Å². The predicted molar refractivity (Wildman–Crippen MR) is 199 cm³/mol. The van der Waals surface area contributed by atoms with Gasteiger partial charge in [0.1, 0.15) is 6.04 Å². The molecule has 0 aliphatic heterocycles. The number of carbonyl (C=O) groups excluding carboxylic acids is 4. The minimum absolute atomic E-state index is 0.0155. The lowest BCUT2D eigenvalue weighted by Gasteiger charge is -2.38. The molecule has 0 aromatic rings. The summed E-state index contributed by atoms with van der Waals surface area (Å²) in [5, 5.41) is 8.25. The fraction of sp³-hybridized carbons (Fsp3) is 0.784. The number of hydrogen-bond acceptors (Lipinski definition) is 6. The van der Waals surface area contributed by atoms with Crippen LogP contribution in [0.15, 0.2) is 24.6 Å². The van der Waals surface area contributed by atoms with E-state index in [2.05, 4.69) is 77.6 Å². The van der Waals surface area contributed by atoms with Crippen molar-refractivity contribution in [3.05, 3.63) is 24.6 Å². The first kappa shape index (κ1) is 52.7. The third kappa shape index (κ3) is 26.4. The van der Waals surface area contributed by atoms with Gasteiger partial charge in [-0.05, 0) is 45.4 Å². The molecule has 3 amide bonds. The fourth-order valence-corrected chi connectivity index (χ4v) is 4.16. The number of nitrogens with zero attached hydrogens (tertiary/aromatic N) is 2. The van der Waals surface area contributed by atoms with Crippen LogP contribution in [-0.2, 0) is 19.2 Å². The van der Waals surface area contributed by atoms with E-state index in [4.69, 9.17) is 0 Å². The molecule has 0 aromatic heterocycles. The first-order valence-electron chi connectivity index (χ1n) is 17.4. The van der Waals surface area contributed by atoms with E-state index in [9.17, 15) is 19.2 Å². The van der Waals surface area contributed by atoms with Gasteiger partial charge < -0.3 is 25.8 Å². The lowest BCUT2D eigenvalue weighted by atomic mass is 9.94. The summed E-state index contributed by atoms with van der Waals surface area (Å²) in [4.78, 5) is 50.5. The SMILES string of the molecule is C=C(C(C(C)C)N(C)C(=O)C(C)CC(C)C)N(C)CC(=O)NC.C=C(CCC)N[C@@H](C)C(=O)N[C@H](C)C(C)=O.CC.CC.CCC. The molecule has 0 heterocycles. The van der Waals surface area contributed by atoms with E-state index in [0.717, 1.165) is 30.7 Å². The summed E-state index contributed by atoms with van der Waals surface area (Å²) in [6.07, 6.45) is 3.96. The molecule has 0 spiro atoms. The van der Waals surface area contributed by atoms with Crippen LogP contribution in [0.2, 0.25) is 0 Å². The molecule has 0 bridgehead atoms. The second kappa shape index (κ2) is 32.1. The van der Waals surface area contributed by atoms with E-state index in [0.29, 0.717) is 5.92 Å². The Balaban J connectivity index is -0.000000212. The lowest BCUT2D eigenvalue weighted by molar-refractivity contribution is -0.136. The number of amides is 3. The van der Waals surface area contributed by atoms with Gasteiger partial charge in [0, 0.05) is 38.5 Å². The maximum absolute atomic E-state index is 12.7. The van der Waals surface area contributed by atoms with E-state index < -0.39 is 6.04 Å². The Hall–Kier alpha value is -2.84. The zero-order valence-corrected chi connectivity index (χ0v) is 33.4. The van der Waals surface area contributed by atoms with Crippen molar-refractivity contribution in [3.63, 3.8) is 0 Å². The van der Waals surface area contributed by atoms with E-state index in [1.165, 1.54) is 13.3 Å². The highest BCUT2D eigenvalue weighted by molar-refractivity contribution is 5.89. The van der Waals surface area contributed by atoms with Crippen molar-refractivity contribution in [2.75, 3.05) is 27.7 Å². The Morgan fingerprint density at radius 3 is 1.59 bits per heavy atom. The highest BCUT2D eigenvalue weighted by Crippen LogP contribution is 2.23. The van der Waals surface area contributed by atoms with Crippen LogP contribution in [0.4, 0.5) is 0 Å². The van der Waals surface area contributed by atoms with Gasteiger partial charge in [0.25, 0.3) is 0 Å². The molecule has 4 atom stereocenters. The number of hydrogen-bond donors (Lipinski definition) is 3. The second-order valence-electron chi connectivity index (χ2n) is 12.0. The van der Waals surface area contributed by atoms with Crippen LogP contribution >= 0.6 is 0 Å². The first-order valence-corrected chi connectivity index (χ1v) is 17.4. The van der Waals surface area contributed by atoms with Crippen molar-refractivity contribution in [2.24, 2.45) is 17.8 Å². The number of rotatable bonds is 16. The van der Waals surface area contributed by atoms with Gasteiger partial charge in [-0.15, -0.1) is 0 Å². The van der Waals surface area contributed by atoms with Crippen molar-refractivity contribution in [2.45, 2.75) is 148 Å². The Morgan fingerprint density at radius 1 is 0.783 bits per heavy atom. The average molecular weight is 656 g/mol. The van der Waals surface area contributed by atoms with Crippen LogP contribution in [0, 0.1) is 17.8 Å². The van der Waals surface area contributed by atoms with Crippen molar-refractivity contribution in [1.29, 1.82) is 0 Å². The molecule has 0 radical (unpaired) electrons. The Morgan fingerprint density at radius 2 is 1.24 bits per heavy atom. The summed E-state index contributed by atoms with van der Waals surface area (Å²) in [5.74, 6) is 0.519. The number of likely N-dealkylation sites (N-methyl/N-ethyl adjacent to an activating group) is 3. The highest BCUT2D eigenvalue weighted by atomic mass is 16.2. The molecular weight excluding hydrogens is 578 g/mol. The number of nitrogens with one attached hydrogen (secondary N) is 3. The molecule has 9 nitrogen and oxygen atoms in total. The number of allylic oxidation sites excluding steroid dienone is 1. The van der Waals surface area contributed by atoms with E-state index in [1.54, 1.807) is 25.8 Å². The molecule has 3 N–H and O–H groups in total. The smallest absolute Gasteiger partial charge is 0.242 e. The number of ketones is 1. The third-order valence-corrected chi connectivity index (χ3v) is 6.47. The standard InChI is InChI=1S/C18H35N3O2.C12H22N2O2.C3H8.2C2H6/c1-12(2)10-14(5)18(23)21(9)17(13(3)4)15(6)20(8)11-16(22)19-7;1-6-7-8(2)13-10(4)12(16)14-9(3)11(5)15;1-3-2;2*1-2/h12-14,17H,6,10-11H2,1-5,7-9H3,(H,19,22);9-10,13H,2,6-7H2,1,3-5H3,(H,14,16);3H2,1-2H3;2*1-2H3/t;9-,10+;;;/m.1.../s1. The predicted octanol–water partition coefficient (Wildman–Crippen LogP) is 7.18. The molecule has 9 heteroatoms. The van der Waals surface area contributed by atoms with E-state index in [-0.39, 0.29) is 54.0 Å². The largest absolute Gasteiger partial charge is 0.378 e. The highest BCUT2D eigenvalue weighted by Gasteiger charge is 2.30. The topological polar surface area (TPSA) is 111 Å². The summed E-state index contributed by atoms with van der Waals surface area (Å²) >= 11 is 0. The maximum atomic E-state index is 12.7. The molecule has 0 aromatic carbocycles. The quantitative estimate of drug-likeness (QED) is 0.162. The number of carbonyl (C=O) groups is 4.